The summed E-state index contributed by atoms with van der Waals surface area (Å²) in [6.45, 7) is 2.07. The van der Waals surface area contributed by atoms with Crippen LogP contribution < -0.4 is 10.6 Å². The molecule has 6 nitrogen and oxygen atoms in total. The number of methoxy groups -OCH3 is 1. The van der Waals surface area contributed by atoms with E-state index in [0.717, 1.165) is 5.76 Å². The smallest absolute Gasteiger partial charge is 0.337 e. The Kier molecular flexibility index (Phi) is 5.32. The van der Waals surface area contributed by atoms with E-state index >= 15 is 0 Å². The van der Waals surface area contributed by atoms with Gasteiger partial charge in [-0.05, 0) is 43.3 Å². The highest BCUT2D eigenvalue weighted by Gasteiger charge is 2.10. The molecule has 1 amide bonds. The molecule has 0 saturated carbocycles. The number of rotatable bonds is 6. The van der Waals surface area contributed by atoms with Crippen molar-refractivity contribution in [2.24, 2.45) is 0 Å². The van der Waals surface area contributed by atoms with Gasteiger partial charge >= 0.3 is 5.97 Å². The number of hydrogen-bond acceptors (Lipinski definition) is 5. The second kappa shape index (κ2) is 7.42. The van der Waals surface area contributed by atoms with Crippen molar-refractivity contribution < 1.29 is 18.7 Å². The highest BCUT2D eigenvalue weighted by molar-refractivity contribution is 5.93. The SMILES string of the molecule is COC(=O)c1ccc(NC(=O)CN[C@H](C)c2ccco2)cc1. The van der Waals surface area contributed by atoms with Crippen LogP contribution in [0.2, 0.25) is 0 Å². The Hall–Kier alpha value is -2.60. The molecule has 6 heteroatoms. The molecule has 0 spiro atoms. The van der Waals surface area contributed by atoms with E-state index in [2.05, 4.69) is 15.4 Å². The van der Waals surface area contributed by atoms with E-state index in [1.165, 1.54) is 7.11 Å². The first-order valence-corrected chi connectivity index (χ1v) is 6.85. The van der Waals surface area contributed by atoms with Gasteiger partial charge in [0.1, 0.15) is 5.76 Å². The van der Waals surface area contributed by atoms with Gasteiger partial charge in [-0.15, -0.1) is 0 Å². The molecule has 0 saturated heterocycles. The third kappa shape index (κ3) is 4.20. The lowest BCUT2D eigenvalue weighted by Crippen LogP contribution is -2.29. The number of hydrogen-bond donors (Lipinski definition) is 2. The zero-order valence-electron chi connectivity index (χ0n) is 12.5. The summed E-state index contributed by atoms with van der Waals surface area (Å²) < 4.78 is 9.87. The second-order valence-corrected chi connectivity index (χ2v) is 4.74. The molecule has 1 atom stereocenters. The van der Waals surface area contributed by atoms with Crippen LogP contribution in [0.1, 0.15) is 29.1 Å². The minimum absolute atomic E-state index is 0.0533. The van der Waals surface area contributed by atoms with Crippen molar-refractivity contribution in [3.8, 4) is 0 Å². The Morgan fingerprint density at radius 2 is 1.95 bits per heavy atom. The standard InChI is InChI=1S/C16H18N2O4/c1-11(14-4-3-9-22-14)17-10-15(19)18-13-7-5-12(6-8-13)16(20)21-2/h3-9,11,17H,10H2,1-2H3,(H,18,19)/t11-/m1/s1. The normalized spacial score (nSPS) is 11.7. The van der Waals surface area contributed by atoms with Crippen LogP contribution in [0.5, 0.6) is 0 Å². The van der Waals surface area contributed by atoms with Gasteiger partial charge in [0.25, 0.3) is 0 Å². The van der Waals surface area contributed by atoms with E-state index in [-0.39, 0.29) is 18.5 Å². The summed E-state index contributed by atoms with van der Waals surface area (Å²) >= 11 is 0. The van der Waals surface area contributed by atoms with E-state index < -0.39 is 5.97 Å². The van der Waals surface area contributed by atoms with Crippen LogP contribution in [0.4, 0.5) is 5.69 Å². The largest absolute Gasteiger partial charge is 0.468 e. The maximum absolute atomic E-state index is 11.9. The minimum atomic E-state index is -0.410. The van der Waals surface area contributed by atoms with Crippen LogP contribution in [0.25, 0.3) is 0 Å². The van der Waals surface area contributed by atoms with Crippen molar-refractivity contribution in [2.75, 3.05) is 19.0 Å². The van der Waals surface area contributed by atoms with Gasteiger partial charge in [0.05, 0.1) is 31.5 Å². The third-order valence-electron chi connectivity index (χ3n) is 3.13. The zero-order valence-corrected chi connectivity index (χ0v) is 12.5. The number of amides is 1. The molecule has 0 bridgehead atoms. The van der Waals surface area contributed by atoms with Gasteiger partial charge in [0, 0.05) is 5.69 Å². The van der Waals surface area contributed by atoms with Gasteiger partial charge in [-0.1, -0.05) is 0 Å². The van der Waals surface area contributed by atoms with Crippen LogP contribution in [0.15, 0.2) is 47.1 Å². The van der Waals surface area contributed by atoms with E-state index in [9.17, 15) is 9.59 Å². The van der Waals surface area contributed by atoms with Crippen molar-refractivity contribution in [1.82, 2.24) is 5.32 Å². The maximum atomic E-state index is 11.9. The van der Waals surface area contributed by atoms with Gasteiger partial charge in [-0.25, -0.2) is 4.79 Å². The van der Waals surface area contributed by atoms with Crippen molar-refractivity contribution in [1.29, 1.82) is 0 Å². The van der Waals surface area contributed by atoms with Gasteiger partial charge in [-0.2, -0.15) is 0 Å². The predicted octanol–water partition coefficient (Wildman–Crippen LogP) is 2.36. The van der Waals surface area contributed by atoms with Gasteiger partial charge in [-0.3, -0.25) is 10.1 Å². The van der Waals surface area contributed by atoms with E-state index in [1.54, 1.807) is 36.6 Å². The topological polar surface area (TPSA) is 80.6 Å². The van der Waals surface area contributed by atoms with Crippen molar-refractivity contribution >= 4 is 17.6 Å². The fourth-order valence-electron chi connectivity index (χ4n) is 1.90. The summed E-state index contributed by atoms with van der Waals surface area (Å²) in [4.78, 5) is 23.2. The van der Waals surface area contributed by atoms with Crippen molar-refractivity contribution in [3.05, 3.63) is 54.0 Å². The van der Waals surface area contributed by atoms with Crippen LogP contribution >= 0.6 is 0 Å². The molecule has 1 aromatic heterocycles. The Labute approximate surface area is 128 Å². The Morgan fingerprint density at radius 1 is 1.23 bits per heavy atom. The molecule has 2 aromatic rings. The quantitative estimate of drug-likeness (QED) is 0.801. The summed E-state index contributed by atoms with van der Waals surface area (Å²) in [5, 5.41) is 5.81. The van der Waals surface area contributed by atoms with Gasteiger partial charge in [0.2, 0.25) is 5.91 Å². The third-order valence-corrected chi connectivity index (χ3v) is 3.13. The molecule has 2 N–H and O–H groups in total. The van der Waals surface area contributed by atoms with Crippen molar-refractivity contribution in [2.45, 2.75) is 13.0 Å². The molecule has 0 fully saturated rings. The Morgan fingerprint density at radius 3 is 2.55 bits per heavy atom. The summed E-state index contributed by atoms with van der Waals surface area (Å²) in [7, 11) is 1.32. The number of ether oxygens (including phenoxy) is 1. The average Bonchev–Trinajstić information content (AvgIpc) is 3.07. The molecule has 2 rings (SSSR count). The number of carbonyl (C=O) groups is 2. The fourth-order valence-corrected chi connectivity index (χ4v) is 1.90. The summed E-state index contributed by atoms with van der Waals surface area (Å²) in [6.07, 6.45) is 1.59. The van der Waals surface area contributed by atoms with E-state index in [0.29, 0.717) is 11.3 Å². The molecular weight excluding hydrogens is 284 g/mol. The molecule has 0 aliphatic rings. The first kappa shape index (κ1) is 15.8. The number of anilines is 1. The van der Waals surface area contributed by atoms with Crippen LogP contribution in [-0.4, -0.2) is 25.5 Å². The monoisotopic (exact) mass is 302 g/mol. The lowest BCUT2D eigenvalue weighted by atomic mass is 10.2. The van der Waals surface area contributed by atoms with Gasteiger partial charge < -0.3 is 14.5 Å². The fraction of sp³-hybridized carbons (Fsp3) is 0.250. The molecule has 0 aliphatic carbocycles. The van der Waals surface area contributed by atoms with Crippen LogP contribution in [0.3, 0.4) is 0 Å². The predicted molar refractivity (Wildman–Crippen MR) is 81.5 cm³/mol. The Bertz CT molecular complexity index is 620. The number of furan rings is 1. The molecule has 116 valence electrons. The second-order valence-electron chi connectivity index (χ2n) is 4.74. The summed E-state index contributed by atoms with van der Waals surface area (Å²) in [6, 6.07) is 10.1. The lowest BCUT2D eigenvalue weighted by molar-refractivity contribution is -0.115. The summed E-state index contributed by atoms with van der Waals surface area (Å²) in [5.74, 6) is 0.186. The number of esters is 1. The molecular formula is C16H18N2O4. The highest BCUT2D eigenvalue weighted by atomic mass is 16.5. The first-order chi connectivity index (χ1) is 10.6. The van der Waals surface area contributed by atoms with E-state index in [1.807, 2.05) is 13.0 Å². The number of benzene rings is 1. The van der Waals surface area contributed by atoms with Crippen LogP contribution in [0, 0.1) is 0 Å². The molecule has 22 heavy (non-hydrogen) atoms. The average molecular weight is 302 g/mol. The molecule has 0 radical (unpaired) electrons. The lowest BCUT2D eigenvalue weighted by Gasteiger charge is -2.11. The Balaban J connectivity index is 1.83. The first-order valence-electron chi connectivity index (χ1n) is 6.85. The van der Waals surface area contributed by atoms with Gasteiger partial charge in [0.15, 0.2) is 0 Å². The minimum Gasteiger partial charge on any atom is -0.468 e. The van der Waals surface area contributed by atoms with Crippen LogP contribution in [-0.2, 0) is 9.53 Å². The molecule has 0 aliphatic heterocycles. The number of carbonyl (C=O) groups excluding carboxylic acids is 2. The molecule has 0 unspecified atom stereocenters. The molecule has 1 heterocycles. The van der Waals surface area contributed by atoms with E-state index in [4.69, 9.17) is 4.42 Å². The van der Waals surface area contributed by atoms with Crippen molar-refractivity contribution in [3.63, 3.8) is 0 Å². The number of nitrogens with one attached hydrogen (secondary N) is 2. The highest BCUT2D eigenvalue weighted by Crippen LogP contribution is 2.12. The molecule has 1 aromatic carbocycles. The summed E-state index contributed by atoms with van der Waals surface area (Å²) in [5.41, 5.74) is 1.05. The zero-order chi connectivity index (χ0) is 15.9. The maximum Gasteiger partial charge on any atom is 0.337 e.